The van der Waals surface area contributed by atoms with Gasteiger partial charge in [-0.15, -0.1) is 0 Å². The maximum atomic E-state index is 11.0. The van der Waals surface area contributed by atoms with Crippen molar-refractivity contribution in [3.8, 4) is 11.5 Å². The monoisotopic (exact) mass is 251 g/mol. The third-order valence-electron chi connectivity index (χ3n) is 2.98. The molecule has 0 saturated carbocycles. The van der Waals surface area contributed by atoms with Crippen LogP contribution in [-0.4, -0.2) is 40.2 Å². The van der Waals surface area contributed by atoms with E-state index in [-0.39, 0.29) is 6.10 Å². The Morgan fingerprint density at radius 1 is 1.33 bits per heavy atom. The quantitative estimate of drug-likeness (QED) is 0.814. The first-order valence-corrected chi connectivity index (χ1v) is 5.84. The number of carbonyl (C=O) groups excluding carboxylic acids is 1. The second kappa shape index (κ2) is 5.84. The van der Waals surface area contributed by atoms with Gasteiger partial charge in [-0.25, -0.2) is 0 Å². The molecule has 18 heavy (non-hydrogen) atoms. The fourth-order valence-electron chi connectivity index (χ4n) is 2.13. The minimum atomic E-state index is -0.0803. The summed E-state index contributed by atoms with van der Waals surface area (Å²) in [5.74, 6) is 1.02. The number of benzene rings is 1. The number of ether oxygens (including phenoxy) is 3. The molecule has 0 radical (unpaired) electrons. The molecule has 0 aliphatic carbocycles. The number of aldehydes is 1. The molecule has 1 aliphatic heterocycles. The van der Waals surface area contributed by atoms with Crippen LogP contribution in [0.5, 0.6) is 11.5 Å². The van der Waals surface area contributed by atoms with Crippen LogP contribution < -0.4 is 14.8 Å². The van der Waals surface area contributed by atoms with Crippen molar-refractivity contribution >= 4 is 6.29 Å². The molecule has 5 nitrogen and oxygen atoms in total. The van der Waals surface area contributed by atoms with Crippen molar-refractivity contribution < 1.29 is 19.0 Å². The van der Waals surface area contributed by atoms with Gasteiger partial charge in [0.25, 0.3) is 0 Å². The third kappa shape index (κ3) is 2.32. The normalized spacial score (nSPS) is 19.3. The Kier molecular flexibility index (Phi) is 4.17. The van der Waals surface area contributed by atoms with Crippen molar-refractivity contribution in [3.63, 3.8) is 0 Å². The van der Waals surface area contributed by atoms with Crippen molar-refractivity contribution in [1.82, 2.24) is 5.32 Å². The average molecular weight is 251 g/mol. The summed E-state index contributed by atoms with van der Waals surface area (Å²) in [6, 6.07) is 3.57. The first kappa shape index (κ1) is 12.9. The lowest BCUT2D eigenvalue weighted by molar-refractivity contribution is 0.0260. The van der Waals surface area contributed by atoms with E-state index in [1.165, 1.54) is 7.11 Å². The maximum Gasteiger partial charge on any atom is 0.171 e. The van der Waals surface area contributed by atoms with E-state index in [2.05, 4.69) is 5.32 Å². The minimum absolute atomic E-state index is 0.0803. The lowest BCUT2D eigenvalue weighted by Crippen LogP contribution is -2.33. The SMILES string of the molecule is COc1c(C=O)ccc(C2CNCCO2)c1OC. The van der Waals surface area contributed by atoms with E-state index in [0.717, 1.165) is 24.9 Å². The highest BCUT2D eigenvalue weighted by Gasteiger charge is 2.23. The number of nitrogens with one attached hydrogen (secondary N) is 1. The fourth-order valence-corrected chi connectivity index (χ4v) is 2.13. The Morgan fingerprint density at radius 2 is 2.11 bits per heavy atom. The van der Waals surface area contributed by atoms with Gasteiger partial charge in [0.15, 0.2) is 17.8 Å². The Hall–Kier alpha value is -1.59. The molecule has 1 aliphatic rings. The van der Waals surface area contributed by atoms with E-state index in [1.807, 2.05) is 6.07 Å². The molecule has 1 N–H and O–H groups in total. The van der Waals surface area contributed by atoms with Crippen LogP contribution in [0.1, 0.15) is 22.0 Å². The molecule has 1 unspecified atom stereocenters. The third-order valence-corrected chi connectivity index (χ3v) is 2.98. The zero-order chi connectivity index (χ0) is 13.0. The molecule has 1 heterocycles. The van der Waals surface area contributed by atoms with E-state index in [0.29, 0.717) is 23.7 Å². The predicted octanol–water partition coefficient (Wildman–Crippen LogP) is 1.18. The van der Waals surface area contributed by atoms with Crippen molar-refractivity contribution in [1.29, 1.82) is 0 Å². The van der Waals surface area contributed by atoms with Crippen LogP contribution in [0.2, 0.25) is 0 Å². The molecule has 1 fully saturated rings. The summed E-state index contributed by atoms with van der Waals surface area (Å²) in [7, 11) is 3.08. The van der Waals surface area contributed by atoms with Crippen molar-refractivity contribution in [2.45, 2.75) is 6.10 Å². The van der Waals surface area contributed by atoms with Crippen molar-refractivity contribution in [2.24, 2.45) is 0 Å². The number of carbonyl (C=O) groups is 1. The number of rotatable bonds is 4. The van der Waals surface area contributed by atoms with Crippen LogP contribution in [0.3, 0.4) is 0 Å². The Balaban J connectivity index is 2.43. The largest absolute Gasteiger partial charge is 0.492 e. The molecule has 1 atom stereocenters. The van der Waals surface area contributed by atoms with E-state index < -0.39 is 0 Å². The maximum absolute atomic E-state index is 11.0. The van der Waals surface area contributed by atoms with Crippen LogP contribution in [0.15, 0.2) is 12.1 Å². The van der Waals surface area contributed by atoms with E-state index in [9.17, 15) is 4.79 Å². The highest BCUT2D eigenvalue weighted by Crippen LogP contribution is 2.38. The first-order chi connectivity index (χ1) is 8.81. The Morgan fingerprint density at radius 3 is 2.67 bits per heavy atom. The summed E-state index contributed by atoms with van der Waals surface area (Å²) >= 11 is 0. The molecule has 0 bridgehead atoms. The van der Waals surface area contributed by atoms with Crippen molar-refractivity contribution in [2.75, 3.05) is 33.9 Å². The van der Waals surface area contributed by atoms with Gasteiger partial charge in [0, 0.05) is 18.7 Å². The van der Waals surface area contributed by atoms with E-state index in [4.69, 9.17) is 14.2 Å². The lowest BCUT2D eigenvalue weighted by Gasteiger charge is -2.26. The molecule has 0 aromatic heterocycles. The zero-order valence-corrected chi connectivity index (χ0v) is 10.6. The summed E-state index contributed by atoms with van der Waals surface area (Å²) in [5, 5.41) is 3.26. The average Bonchev–Trinajstić information content (AvgIpc) is 2.46. The molecule has 1 aromatic rings. The van der Waals surface area contributed by atoms with Gasteiger partial charge in [-0.05, 0) is 6.07 Å². The summed E-state index contributed by atoms with van der Waals surface area (Å²) in [6.45, 7) is 2.23. The van der Waals surface area contributed by atoms with Gasteiger partial charge < -0.3 is 19.5 Å². The molecular formula is C13H17NO4. The molecule has 1 aromatic carbocycles. The van der Waals surface area contributed by atoms with E-state index in [1.54, 1.807) is 13.2 Å². The van der Waals surface area contributed by atoms with Crippen LogP contribution >= 0.6 is 0 Å². The van der Waals surface area contributed by atoms with Gasteiger partial charge in [0.1, 0.15) is 0 Å². The number of hydrogen-bond donors (Lipinski definition) is 1. The highest BCUT2D eigenvalue weighted by atomic mass is 16.5. The van der Waals surface area contributed by atoms with Crippen LogP contribution in [0.4, 0.5) is 0 Å². The molecular weight excluding hydrogens is 234 g/mol. The number of methoxy groups -OCH3 is 2. The first-order valence-electron chi connectivity index (χ1n) is 5.84. The summed E-state index contributed by atoms with van der Waals surface area (Å²) < 4.78 is 16.3. The smallest absolute Gasteiger partial charge is 0.171 e. The summed E-state index contributed by atoms with van der Waals surface area (Å²) in [6.07, 6.45) is 0.675. The standard InChI is InChI=1S/C13H17NO4/c1-16-12-9(8-15)3-4-10(13(12)17-2)11-7-14-5-6-18-11/h3-4,8,11,14H,5-7H2,1-2H3. The Labute approximate surface area is 106 Å². The van der Waals surface area contributed by atoms with Crippen molar-refractivity contribution in [3.05, 3.63) is 23.3 Å². The molecule has 2 rings (SSSR count). The van der Waals surface area contributed by atoms with Gasteiger partial charge in [0.05, 0.1) is 32.5 Å². The lowest BCUT2D eigenvalue weighted by atomic mass is 10.0. The molecule has 98 valence electrons. The topological polar surface area (TPSA) is 56.8 Å². The minimum Gasteiger partial charge on any atom is -0.492 e. The van der Waals surface area contributed by atoms with Gasteiger partial charge in [0.2, 0.25) is 0 Å². The number of hydrogen-bond acceptors (Lipinski definition) is 5. The zero-order valence-electron chi connectivity index (χ0n) is 10.6. The van der Waals surface area contributed by atoms with Gasteiger partial charge in [-0.1, -0.05) is 6.07 Å². The van der Waals surface area contributed by atoms with Crippen LogP contribution in [0, 0.1) is 0 Å². The molecule has 0 amide bonds. The molecule has 1 saturated heterocycles. The summed E-state index contributed by atoms with van der Waals surface area (Å²) in [4.78, 5) is 11.0. The number of morpholine rings is 1. The predicted molar refractivity (Wildman–Crippen MR) is 66.5 cm³/mol. The summed E-state index contributed by atoms with van der Waals surface area (Å²) in [5.41, 5.74) is 1.37. The van der Waals surface area contributed by atoms with Crippen LogP contribution in [-0.2, 0) is 4.74 Å². The second-order valence-electron chi connectivity index (χ2n) is 3.99. The highest BCUT2D eigenvalue weighted by molar-refractivity contribution is 5.82. The molecule has 5 heteroatoms. The van der Waals surface area contributed by atoms with Gasteiger partial charge >= 0.3 is 0 Å². The molecule has 0 spiro atoms. The van der Waals surface area contributed by atoms with Gasteiger partial charge in [-0.2, -0.15) is 0 Å². The fraction of sp³-hybridized carbons (Fsp3) is 0.462. The van der Waals surface area contributed by atoms with Crippen LogP contribution in [0.25, 0.3) is 0 Å². The van der Waals surface area contributed by atoms with Gasteiger partial charge in [-0.3, -0.25) is 4.79 Å². The van der Waals surface area contributed by atoms with E-state index >= 15 is 0 Å². The second-order valence-corrected chi connectivity index (χ2v) is 3.99. The Bertz CT molecular complexity index is 427.